The number of methoxy groups -OCH3 is 1. The molecule has 0 aromatic heterocycles. The van der Waals surface area contributed by atoms with Crippen LogP contribution in [0.25, 0.3) is 0 Å². The SMILES string of the molecule is CCNC(=NCC(C)CN1CCCCC1)NCCN(C)CCCOC.I. The topological polar surface area (TPSA) is 52.1 Å². The molecular weight excluding hydrogens is 441 g/mol. The summed E-state index contributed by atoms with van der Waals surface area (Å²) in [6.45, 7) is 13.7. The minimum atomic E-state index is 0. The van der Waals surface area contributed by atoms with Crippen molar-refractivity contribution in [3.8, 4) is 0 Å². The normalized spacial score (nSPS) is 17.0. The van der Waals surface area contributed by atoms with Gasteiger partial charge in [0.25, 0.3) is 0 Å². The first-order valence-electron chi connectivity index (χ1n) is 10.1. The first-order valence-corrected chi connectivity index (χ1v) is 10.1. The number of guanidine groups is 1. The van der Waals surface area contributed by atoms with Gasteiger partial charge < -0.3 is 25.2 Å². The second-order valence-corrected chi connectivity index (χ2v) is 7.26. The second-order valence-electron chi connectivity index (χ2n) is 7.26. The van der Waals surface area contributed by atoms with E-state index in [4.69, 9.17) is 9.73 Å². The van der Waals surface area contributed by atoms with E-state index < -0.39 is 0 Å². The molecule has 26 heavy (non-hydrogen) atoms. The molecule has 6 nitrogen and oxygen atoms in total. The van der Waals surface area contributed by atoms with Crippen molar-refractivity contribution in [2.75, 3.05) is 73.1 Å². The van der Waals surface area contributed by atoms with Crippen LogP contribution >= 0.6 is 24.0 Å². The van der Waals surface area contributed by atoms with Gasteiger partial charge in [-0.15, -0.1) is 24.0 Å². The smallest absolute Gasteiger partial charge is 0.191 e. The van der Waals surface area contributed by atoms with Crippen molar-refractivity contribution >= 4 is 29.9 Å². The molecule has 0 bridgehead atoms. The van der Waals surface area contributed by atoms with Crippen molar-refractivity contribution in [1.82, 2.24) is 20.4 Å². The van der Waals surface area contributed by atoms with Gasteiger partial charge in [-0.2, -0.15) is 0 Å². The van der Waals surface area contributed by atoms with Gasteiger partial charge in [-0.3, -0.25) is 4.99 Å². The van der Waals surface area contributed by atoms with E-state index in [-0.39, 0.29) is 24.0 Å². The first-order chi connectivity index (χ1) is 12.2. The Morgan fingerprint density at radius 1 is 1.19 bits per heavy atom. The maximum absolute atomic E-state index is 5.10. The Labute approximate surface area is 178 Å². The number of rotatable bonds is 12. The molecular formula is C19H42IN5O. The molecule has 1 fully saturated rings. The van der Waals surface area contributed by atoms with Crippen LogP contribution in [0.15, 0.2) is 4.99 Å². The van der Waals surface area contributed by atoms with Crippen LogP contribution in [0.4, 0.5) is 0 Å². The summed E-state index contributed by atoms with van der Waals surface area (Å²) in [5.41, 5.74) is 0. The van der Waals surface area contributed by atoms with Crippen molar-refractivity contribution in [2.45, 2.75) is 39.5 Å². The molecule has 1 unspecified atom stereocenters. The molecule has 1 rings (SSSR count). The van der Waals surface area contributed by atoms with E-state index in [1.807, 2.05) is 0 Å². The van der Waals surface area contributed by atoms with Crippen LogP contribution < -0.4 is 10.6 Å². The summed E-state index contributed by atoms with van der Waals surface area (Å²) in [7, 11) is 3.91. The quantitative estimate of drug-likeness (QED) is 0.193. The van der Waals surface area contributed by atoms with Crippen molar-refractivity contribution in [2.24, 2.45) is 10.9 Å². The highest BCUT2D eigenvalue weighted by atomic mass is 127. The Bertz CT molecular complexity index is 351. The number of halogens is 1. The van der Waals surface area contributed by atoms with Gasteiger partial charge in [0.05, 0.1) is 0 Å². The summed E-state index contributed by atoms with van der Waals surface area (Å²) >= 11 is 0. The monoisotopic (exact) mass is 483 g/mol. The Kier molecular flexibility index (Phi) is 16.9. The molecule has 1 heterocycles. The fraction of sp³-hybridized carbons (Fsp3) is 0.947. The molecule has 156 valence electrons. The number of likely N-dealkylation sites (tertiary alicyclic amines) is 1. The third-order valence-electron chi connectivity index (χ3n) is 4.60. The molecule has 0 aliphatic carbocycles. The summed E-state index contributed by atoms with van der Waals surface area (Å²) < 4.78 is 5.10. The van der Waals surface area contributed by atoms with Crippen LogP contribution in [-0.2, 0) is 4.74 Å². The molecule has 0 aromatic carbocycles. The van der Waals surface area contributed by atoms with E-state index in [0.29, 0.717) is 5.92 Å². The van der Waals surface area contributed by atoms with Crippen LogP contribution in [0.2, 0.25) is 0 Å². The van der Waals surface area contributed by atoms with Crippen molar-refractivity contribution < 1.29 is 4.74 Å². The number of nitrogens with zero attached hydrogens (tertiary/aromatic N) is 3. The maximum atomic E-state index is 5.10. The highest BCUT2D eigenvalue weighted by Gasteiger charge is 2.13. The fourth-order valence-corrected chi connectivity index (χ4v) is 3.19. The van der Waals surface area contributed by atoms with Crippen molar-refractivity contribution in [3.63, 3.8) is 0 Å². The summed E-state index contributed by atoms with van der Waals surface area (Å²) in [5, 5.41) is 6.81. The Hall–Kier alpha value is -0.120. The zero-order chi connectivity index (χ0) is 18.3. The molecule has 1 saturated heterocycles. The minimum absolute atomic E-state index is 0. The van der Waals surface area contributed by atoms with E-state index >= 15 is 0 Å². The molecule has 0 aromatic rings. The summed E-state index contributed by atoms with van der Waals surface area (Å²) in [6, 6.07) is 0. The minimum Gasteiger partial charge on any atom is -0.385 e. The van der Waals surface area contributed by atoms with Gasteiger partial charge in [0.2, 0.25) is 0 Å². The Balaban J connectivity index is 0.00000625. The zero-order valence-corrected chi connectivity index (χ0v) is 19.8. The number of hydrogen-bond acceptors (Lipinski definition) is 4. The molecule has 1 aliphatic heterocycles. The molecule has 0 saturated carbocycles. The lowest BCUT2D eigenvalue weighted by Crippen LogP contribution is -2.41. The molecule has 0 spiro atoms. The van der Waals surface area contributed by atoms with Crippen molar-refractivity contribution in [3.05, 3.63) is 0 Å². The highest BCUT2D eigenvalue weighted by Crippen LogP contribution is 2.11. The van der Waals surface area contributed by atoms with Crippen LogP contribution in [0, 0.1) is 5.92 Å². The highest BCUT2D eigenvalue weighted by molar-refractivity contribution is 14.0. The molecule has 0 amide bonds. The molecule has 1 aliphatic rings. The van der Waals surface area contributed by atoms with Gasteiger partial charge >= 0.3 is 0 Å². The van der Waals surface area contributed by atoms with Gasteiger partial charge in [-0.05, 0) is 52.2 Å². The number of ether oxygens (including phenoxy) is 1. The van der Waals surface area contributed by atoms with Gasteiger partial charge in [-0.25, -0.2) is 0 Å². The van der Waals surface area contributed by atoms with Gasteiger partial charge in [0.15, 0.2) is 5.96 Å². The fourth-order valence-electron chi connectivity index (χ4n) is 3.19. The van der Waals surface area contributed by atoms with Crippen molar-refractivity contribution in [1.29, 1.82) is 0 Å². The van der Waals surface area contributed by atoms with E-state index in [2.05, 4.69) is 41.3 Å². The number of aliphatic imine (C=N–C) groups is 1. The number of nitrogens with one attached hydrogen (secondary N) is 2. The molecule has 2 N–H and O–H groups in total. The lowest BCUT2D eigenvalue weighted by molar-refractivity contribution is 0.180. The van der Waals surface area contributed by atoms with E-state index in [0.717, 1.165) is 51.7 Å². The van der Waals surface area contributed by atoms with Gasteiger partial charge in [0, 0.05) is 53.0 Å². The average molecular weight is 483 g/mol. The van der Waals surface area contributed by atoms with Crippen LogP contribution in [0.1, 0.15) is 39.5 Å². The van der Waals surface area contributed by atoms with Crippen LogP contribution in [0.5, 0.6) is 0 Å². The molecule has 7 heteroatoms. The van der Waals surface area contributed by atoms with Crippen LogP contribution in [-0.4, -0.2) is 88.9 Å². The lowest BCUT2D eigenvalue weighted by Gasteiger charge is -2.28. The standard InChI is InChI=1S/C19H41N5O.HI/c1-5-20-19(21-10-14-23(3)11-9-15-25-4)22-16-18(2)17-24-12-7-6-8-13-24;/h18H,5-17H2,1-4H3,(H2,20,21,22);1H. The van der Waals surface area contributed by atoms with E-state index in [9.17, 15) is 0 Å². The second kappa shape index (κ2) is 17.0. The summed E-state index contributed by atoms with van der Waals surface area (Å²) in [5.74, 6) is 1.54. The molecule has 1 atom stereocenters. The van der Waals surface area contributed by atoms with Gasteiger partial charge in [0.1, 0.15) is 0 Å². The Morgan fingerprint density at radius 3 is 2.58 bits per heavy atom. The summed E-state index contributed by atoms with van der Waals surface area (Å²) in [6.07, 6.45) is 5.20. The average Bonchev–Trinajstić information content (AvgIpc) is 2.61. The summed E-state index contributed by atoms with van der Waals surface area (Å²) in [4.78, 5) is 9.70. The predicted octanol–water partition coefficient (Wildman–Crippen LogP) is 2.25. The largest absolute Gasteiger partial charge is 0.385 e. The lowest BCUT2D eigenvalue weighted by atomic mass is 10.1. The van der Waals surface area contributed by atoms with Gasteiger partial charge in [-0.1, -0.05) is 13.3 Å². The third kappa shape index (κ3) is 13.1. The Morgan fingerprint density at radius 2 is 1.92 bits per heavy atom. The molecule has 0 radical (unpaired) electrons. The number of piperidine rings is 1. The van der Waals surface area contributed by atoms with Crippen LogP contribution in [0.3, 0.4) is 0 Å². The number of hydrogen-bond donors (Lipinski definition) is 2. The third-order valence-corrected chi connectivity index (χ3v) is 4.60. The predicted molar refractivity (Wildman–Crippen MR) is 123 cm³/mol. The number of likely N-dealkylation sites (N-methyl/N-ethyl adjacent to an activating group) is 1. The first kappa shape index (κ1) is 25.9. The van der Waals surface area contributed by atoms with E-state index in [1.165, 1.54) is 38.9 Å². The van der Waals surface area contributed by atoms with E-state index in [1.54, 1.807) is 7.11 Å². The maximum Gasteiger partial charge on any atom is 0.191 e. The zero-order valence-electron chi connectivity index (χ0n) is 17.4.